The van der Waals surface area contributed by atoms with Crippen LogP contribution in [0, 0.1) is 0 Å². The minimum Gasteiger partial charge on any atom is -0.388 e. The van der Waals surface area contributed by atoms with Crippen molar-refractivity contribution in [3.63, 3.8) is 0 Å². The standard InChI is InChI=1S/C12H17ClN2O2/c1-7(12(2,3)17)15-10-6-8(11(14)16)4-5-9(10)13/h4-7,15,17H,1-3H3,(H2,14,16). The summed E-state index contributed by atoms with van der Waals surface area (Å²) in [6.07, 6.45) is 0. The van der Waals surface area contributed by atoms with Gasteiger partial charge in [-0.05, 0) is 39.0 Å². The zero-order chi connectivity index (χ0) is 13.2. The van der Waals surface area contributed by atoms with E-state index in [1.165, 1.54) is 0 Å². The number of anilines is 1. The number of nitrogens with two attached hydrogens (primary N) is 1. The van der Waals surface area contributed by atoms with Crippen LogP contribution in [0.2, 0.25) is 5.02 Å². The maximum Gasteiger partial charge on any atom is 0.248 e. The number of halogens is 1. The fourth-order valence-corrected chi connectivity index (χ4v) is 1.37. The average Bonchev–Trinajstić information content (AvgIpc) is 2.19. The van der Waals surface area contributed by atoms with Gasteiger partial charge in [-0.1, -0.05) is 11.6 Å². The number of carbonyl (C=O) groups excluding carboxylic acids is 1. The van der Waals surface area contributed by atoms with Gasteiger partial charge in [0.25, 0.3) is 0 Å². The third kappa shape index (κ3) is 3.61. The number of carbonyl (C=O) groups is 1. The lowest BCUT2D eigenvalue weighted by molar-refractivity contribution is 0.0649. The predicted molar refractivity (Wildman–Crippen MR) is 69.4 cm³/mol. The quantitative estimate of drug-likeness (QED) is 0.771. The van der Waals surface area contributed by atoms with Crippen LogP contribution in [0.3, 0.4) is 0 Å². The van der Waals surface area contributed by atoms with E-state index in [2.05, 4.69) is 5.32 Å². The summed E-state index contributed by atoms with van der Waals surface area (Å²) in [6.45, 7) is 5.21. The summed E-state index contributed by atoms with van der Waals surface area (Å²) >= 11 is 6.00. The first-order valence-electron chi connectivity index (χ1n) is 5.30. The summed E-state index contributed by atoms with van der Waals surface area (Å²) in [7, 11) is 0. The highest BCUT2D eigenvalue weighted by Crippen LogP contribution is 2.25. The van der Waals surface area contributed by atoms with E-state index in [0.717, 1.165) is 0 Å². The summed E-state index contributed by atoms with van der Waals surface area (Å²) in [6, 6.07) is 4.52. The molecule has 17 heavy (non-hydrogen) atoms. The van der Waals surface area contributed by atoms with E-state index in [9.17, 15) is 9.90 Å². The van der Waals surface area contributed by atoms with Gasteiger partial charge in [0, 0.05) is 5.56 Å². The molecule has 0 heterocycles. The molecule has 1 rings (SSSR count). The van der Waals surface area contributed by atoms with Crippen molar-refractivity contribution in [1.82, 2.24) is 0 Å². The molecule has 1 aromatic rings. The van der Waals surface area contributed by atoms with Crippen LogP contribution in [0.4, 0.5) is 5.69 Å². The zero-order valence-corrected chi connectivity index (χ0v) is 10.9. The second-order valence-electron chi connectivity index (χ2n) is 4.58. The molecule has 0 aliphatic carbocycles. The smallest absolute Gasteiger partial charge is 0.248 e. The first-order valence-corrected chi connectivity index (χ1v) is 5.68. The van der Waals surface area contributed by atoms with Crippen molar-refractivity contribution in [3.05, 3.63) is 28.8 Å². The van der Waals surface area contributed by atoms with E-state index < -0.39 is 11.5 Å². The van der Waals surface area contributed by atoms with Crippen molar-refractivity contribution in [2.75, 3.05) is 5.32 Å². The Hall–Kier alpha value is -1.26. The van der Waals surface area contributed by atoms with Gasteiger partial charge < -0.3 is 16.2 Å². The van der Waals surface area contributed by atoms with Crippen LogP contribution in [0.5, 0.6) is 0 Å². The molecule has 1 unspecified atom stereocenters. The number of hydrogen-bond donors (Lipinski definition) is 3. The Balaban J connectivity index is 2.98. The molecule has 0 spiro atoms. The van der Waals surface area contributed by atoms with Crippen LogP contribution in [0.15, 0.2) is 18.2 Å². The number of amides is 1. The normalized spacial score (nSPS) is 13.2. The SMILES string of the molecule is CC(Nc1cc(C(N)=O)ccc1Cl)C(C)(C)O. The minimum atomic E-state index is -0.897. The van der Waals surface area contributed by atoms with Gasteiger partial charge in [-0.15, -0.1) is 0 Å². The Morgan fingerprint density at radius 1 is 1.53 bits per heavy atom. The Bertz CT molecular complexity index is 427. The highest BCUT2D eigenvalue weighted by Gasteiger charge is 2.22. The van der Waals surface area contributed by atoms with Crippen LogP contribution in [0.1, 0.15) is 31.1 Å². The largest absolute Gasteiger partial charge is 0.388 e. The summed E-state index contributed by atoms with van der Waals surface area (Å²) in [5.41, 5.74) is 5.25. The Kier molecular flexibility index (Phi) is 4.01. The Morgan fingerprint density at radius 2 is 2.12 bits per heavy atom. The average molecular weight is 257 g/mol. The lowest BCUT2D eigenvalue weighted by Crippen LogP contribution is -2.39. The zero-order valence-electron chi connectivity index (χ0n) is 10.1. The number of rotatable bonds is 4. The molecule has 0 aliphatic rings. The third-order valence-corrected chi connectivity index (χ3v) is 3.01. The molecule has 4 N–H and O–H groups in total. The number of aliphatic hydroxyl groups is 1. The highest BCUT2D eigenvalue weighted by atomic mass is 35.5. The fourth-order valence-electron chi connectivity index (χ4n) is 1.20. The molecule has 94 valence electrons. The summed E-state index contributed by atoms with van der Waals surface area (Å²) < 4.78 is 0. The van der Waals surface area contributed by atoms with E-state index in [0.29, 0.717) is 16.3 Å². The maximum absolute atomic E-state index is 11.0. The van der Waals surface area contributed by atoms with E-state index in [4.69, 9.17) is 17.3 Å². The molecule has 0 aromatic heterocycles. The number of primary amides is 1. The fraction of sp³-hybridized carbons (Fsp3) is 0.417. The van der Waals surface area contributed by atoms with Crippen molar-refractivity contribution < 1.29 is 9.90 Å². The third-order valence-electron chi connectivity index (χ3n) is 2.68. The van der Waals surface area contributed by atoms with Crippen LogP contribution in [-0.2, 0) is 0 Å². The molecule has 0 fully saturated rings. The van der Waals surface area contributed by atoms with Crippen LogP contribution >= 0.6 is 11.6 Å². The molecule has 1 amide bonds. The van der Waals surface area contributed by atoms with Crippen molar-refractivity contribution in [2.24, 2.45) is 5.73 Å². The number of nitrogens with one attached hydrogen (secondary N) is 1. The summed E-state index contributed by atoms with van der Waals surface area (Å²) in [5, 5.41) is 13.4. The molecule has 0 aliphatic heterocycles. The van der Waals surface area contributed by atoms with Crippen LogP contribution in [-0.4, -0.2) is 22.7 Å². The van der Waals surface area contributed by atoms with Gasteiger partial charge in [0.2, 0.25) is 5.91 Å². The van der Waals surface area contributed by atoms with E-state index in [1.807, 2.05) is 6.92 Å². The molecular formula is C12H17ClN2O2. The molecule has 0 saturated heterocycles. The first-order chi connectivity index (χ1) is 7.71. The highest BCUT2D eigenvalue weighted by molar-refractivity contribution is 6.33. The minimum absolute atomic E-state index is 0.219. The molecule has 1 atom stereocenters. The lowest BCUT2D eigenvalue weighted by atomic mass is 10.0. The summed E-state index contributed by atoms with van der Waals surface area (Å²) in [5.74, 6) is -0.513. The van der Waals surface area contributed by atoms with Gasteiger partial charge in [0.05, 0.1) is 22.4 Å². The molecule has 0 bridgehead atoms. The van der Waals surface area contributed by atoms with E-state index in [1.54, 1.807) is 32.0 Å². The monoisotopic (exact) mass is 256 g/mol. The van der Waals surface area contributed by atoms with Gasteiger partial charge in [-0.3, -0.25) is 4.79 Å². The molecule has 1 aromatic carbocycles. The van der Waals surface area contributed by atoms with Gasteiger partial charge in [-0.25, -0.2) is 0 Å². The Morgan fingerprint density at radius 3 is 2.59 bits per heavy atom. The van der Waals surface area contributed by atoms with Gasteiger partial charge >= 0.3 is 0 Å². The van der Waals surface area contributed by atoms with Crippen molar-refractivity contribution in [2.45, 2.75) is 32.4 Å². The number of benzene rings is 1. The summed E-state index contributed by atoms with van der Waals surface area (Å²) in [4.78, 5) is 11.0. The molecule has 0 saturated carbocycles. The second kappa shape index (κ2) is 4.94. The Labute approximate surface area is 106 Å². The molecule has 0 radical (unpaired) electrons. The van der Waals surface area contributed by atoms with E-state index >= 15 is 0 Å². The van der Waals surface area contributed by atoms with Gasteiger partial charge in [0.1, 0.15) is 0 Å². The van der Waals surface area contributed by atoms with Crippen LogP contribution in [0.25, 0.3) is 0 Å². The lowest BCUT2D eigenvalue weighted by Gasteiger charge is -2.28. The van der Waals surface area contributed by atoms with E-state index in [-0.39, 0.29) is 6.04 Å². The second-order valence-corrected chi connectivity index (χ2v) is 4.99. The van der Waals surface area contributed by atoms with Crippen LogP contribution < -0.4 is 11.1 Å². The number of hydrogen-bond acceptors (Lipinski definition) is 3. The van der Waals surface area contributed by atoms with Crippen molar-refractivity contribution in [1.29, 1.82) is 0 Å². The molecular weight excluding hydrogens is 240 g/mol. The molecule has 4 nitrogen and oxygen atoms in total. The van der Waals surface area contributed by atoms with Gasteiger partial charge in [0.15, 0.2) is 0 Å². The predicted octanol–water partition coefficient (Wildman–Crippen LogP) is 2.01. The maximum atomic E-state index is 11.0. The van der Waals surface area contributed by atoms with Crippen molar-refractivity contribution >= 4 is 23.2 Å². The topological polar surface area (TPSA) is 75.3 Å². The van der Waals surface area contributed by atoms with Gasteiger partial charge in [-0.2, -0.15) is 0 Å². The first kappa shape index (κ1) is 13.8. The molecule has 5 heteroatoms. The van der Waals surface area contributed by atoms with Crippen molar-refractivity contribution in [3.8, 4) is 0 Å².